The molecule has 0 aromatic rings. The van der Waals surface area contributed by atoms with E-state index in [1.807, 2.05) is 0 Å². The lowest BCUT2D eigenvalue weighted by atomic mass is 10.0. The zero-order valence-electron chi connectivity index (χ0n) is 14.4. The largest absolute Gasteiger partial charge is 0.405 e. The van der Waals surface area contributed by atoms with Gasteiger partial charge >= 0.3 is 10.4 Å². The van der Waals surface area contributed by atoms with Crippen LogP contribution >= 0.6 is 0 Å². The summed E-state index contributed by atoms with van der Waals surface area (Å²) in [5.74, 6) is -0.892. The third kappa shape index (κ3) is 9.11. The Labute approximate surface area is 137 Å². The molecule has 0 amide bonds. The van der Waals surface area contributed by atoms with E-state index < -0.39 is 16.2 Å². The molecule has 1 rings (SSSR count). The van der Waals surface area contributed by atoms with E-state index in [-0.39, 0.29) is 0 Å². The van der Waals surface area contributed by atoms with Crippen molar-refractivity contribution in [2.45, 2.75) is 110 Å². The minimum atomic E-state index is -3.66. The molecule has 1 aliphatic rings. The molecule has 1 heterocycles. The van der Waals surface area contributed by atoms with E-state index in [9.17, 15) is 8.42 Å². The van der Waals surface area contributed by atoms with Crippen molar-refractivity contribution in [1.29, 1.82) is 0 Å². The van der Waals surface area contributed by atoms with Crippen molar-refractivity contribution in [2.24, 2.45) is 0 Å². The highest BCUT2D eigenvalue weighted by Gasteiger charge is 2.47. The molecule has 132 valence electrons. The summed E-state index contributed by atoms with van der Waals surface area (Å²) in [5, 5.41) is 0. The van der Waals surface area contributed by atoms with Crippen LogP contribution in [0.4, 0.5) is 0 Å². The van der Waals surface area contributed by atoms with Crippen molar-refractivity contribution >= 4 is 10.4 Å². The first-order valence-corrected chi connectivity index (χ1v) is 10.5. The monoisotopic (exact) mass is 334 g/mol. The van der Waals surface area contributed by atoms with Gasteiger partial charge in [-0.15, -0.1) is 0 Å². The second-order valence-corrected chi connectivity index (χ2v) is 7.85. The molecule has 22 heavy (non-hydrogen) atoms. The average Bonchev–Trinajstić information content (AvgIpc) is 2.41. The van der Waals surface area contributed by atoms with E-state index >= 15 is 0 Å². The van der Waals surface area contributed by atoms with Crippen LogP contribution in [0.3, 0.4) is 0 Å². The summed E-state index contributed by atoms with van der Waals surface area (Å²) in [7, 11) is -3.66. The summed E-state index contributed by atoms with van der Waals surface area (Å²) in [5.41, 5.74) is 0. The number of unbranched alkanes of at least 4 members (excludes halogenated alkanes) is 12. The van der Waals surface area contributed by atoms with Gasteiger partial charge in [-0.2, -0.15) is 8.42 Å². The van der Waals surface area contributed by atoms with Crippen LogP contribution in [-0.2, 0) is 18.8 Å². The molecule has 0 saturated carbocycles. The second kappa shape index (κ2) is 10.6. The zero-order valence-corrected chi connectivity index (χ0v) is 15.3. The zero-order chi connectivity index (χ0) is 16.3. The third-order valence-corrected chi connectivity index (χ3v) is 5.40. The Bertz CT molecular complexity index is 366. The molecular formula is C17H34O4S. The predicted molar refractivity (Wildman–Crippen MR) is 89.8 cm³/mol. The summed E-state index contributed by atoms with van der Waals surface area (Å²) >= 11 is 0. The fraction of sp³-hybridized carbons (Fsp3) is 1.00. The first-order chi connectivity index (χ1) is 10.5. The second-order valence-electron chi connectivity index (χ2n) is 6.70. The van der Waals surface area contributed by atoms with Crippen molar-refractivity contribution in [3.63, 3.8) is 0 Å². The average molecular weight is 335 g/mol. The quantitative estimate of drug-likeness (QED) is 0.395. The van der Waals surface area contributed by atoms with Gasteiger partial charge in [0.15, 0.2) is 0 Å². The van der Waals surface area contributed by atoms with Crippen LogP contribution < -0.4 is 0 Å². The Balaban J connectivity index is 1.77. The summed E-state index contributed by atoms with van der Waals surface area (Å²) in [4.78, 5) is 0. The molecule has 5 heteroatoms. The maximum absolute atomic E-state index is 10.8. The molecule has 0 aromatic carbocycles. The number of hydrogen-bond acceptors (Lipinski definition) is 4. The Kier molecular flexibility index (Phi) is 9.60. The van der Waals surface area contributed by atoms with E-state index in [0.717, 1.165) is 12.8 Å². The van der Waals surface area contributed by atoms with Crippen molar-refractivity contribution in [1.82, 2.24) is 0 Å². The number of rotatable bonds is 14. The number of hydrogen-bond donors (Lipinski definition) is 0. The van der Waals surface area contributed by atoms with Gasteiger partial charge in [0.05, 0.1) is 0 Å². The molecule has 1 saturated heterocycles. The van der Waals surface area contributed by atoms with Crippen LogP contribution in [0.25, 0.3) is 0 Å². The molecule has 0 spiro atoms. The van der Waals surface area contributed by atoms with Crippen molar-refractivity contribution in [3.05, 3.63) is 0 Å². The normalized spacial score (nSPS) is 19.0. The summed E-state index contributed by atoms with van der Waals surface area (Å²) < 4.78 is 31.1. The highest BCUT2D eigenvalue weighted by molar-refractivity contribution is 7.82. The first kappa shape index (κ1) is 19.9. The molecule has 0 aliphatic carbocycles. The van der Waals surface area contributed by atoms with E-state index in [2.05, 4.69) is 6.92 Å². The van der Waals surface area contributed by atoms with E-state index in [0.29, 0.717) is 6.42 Å². The Morgan fingerprint density at radius 1 is 0.682 bits per heavy atom. The van der Waals surface area contributed by atoms with Gasteiger partial charge in [-0.05, 0) is 13.3 Å². The SMILES string of the molecule is CCCCCCCCCCCCCCCC1(C)OS(=O)(=O)O1. The lowest BCUT2D eigenvalue weighted by Gasteiger charge is -2.35. The summed E-state index contributed by atoms with van der Waals surface area (Å²) in [6, 6.07) is 0. The Morgan fingerprint density at radius 3 is 1.41 bits per heavy atom. The minimum Gasteiger partial charge on any atom is -0.212 e. The maximum atomic E-state index is 10.8. The van der Waals surface area contributed by atoms with Crippen LogP contribution in [-0.4, -0.2) is 14.2 Å². The lowest BCUT2D eigenvalue weighted by molar-refractivity contribution is -0.178. The Hall–Kier alpha value is -0.130. The summed E-state index contributed by atoms with van der Waals surface area (Å²) in [6.45, 7) is 3.95. The molecular weight excluding hydrogens is 300 g/mol. The van der Waals surface area contributed by atoms with Crippen LogP contribution in [0.5, 0.6) is 0 Å². The van der Waals surface area contributed by atoms with E-state index in [1.54, 1.807) is 6.92 Å². The Morgan fingerprint density at radius 2 is 1.05 bits per heavy atom. The van der Waals surface area contributed by atoms with Crippen LogP contribution in [0.2, 0.25) is 0 Å². The highest BCUT2D eigenvalue weighted by atomic mass is 32.3. The van der Waals surface area contributed by atoms with Crippen LogP contribution in [0.15, 0.2) is 0 Å². The van der Waals surface area contributed by atoms with Gasteiger partial charge in [0.1, 0.15) is 0 Å². The van der Waals surface area contributed by atoms with Gasteiger partial charge in [0.2, 0.25) is 5.79 Å². The molecule has 1 fully saturated rings. The van der Waals surface area contributed by atoms with E-state index in [4.69, 9.17) is 8.37 Å². The van der Waals surface area contributed by atoms with Crippen molar-refractivity contribution < 1.29 is 16.8 Å². The standard InChI is InChI=1S/C17H34O4S/c1-3-4-5-6-7-8-9-10-11-12-13-14-15-16-17(2)20-22(18,19)21-17/h3-16H2,1-2H3. The fourth-order valence-electron chi connectivity index (χ4n) is 2.99. The smallest absolute Gasteiger partial charge is 0.212 e. The third-order valence-electron chi connectivity index (χ3n) is 4.29. The lowest BCUT2D eigenvalue weighted by Crippen LogP contribution is -2.47. The molecule has 0 bridgehead atoms. The van der Waals surface area contributed by atoms with Crippen molar-refractivity contribution in [2.75, 3.05) is 0 Å². The highest BCUT2D eigenvalue weighted by Crippen LogP contribution is 2.34. The van der Waals surface area contributed by atoms with Gasteiger partial charge in [-0.1, -0.05) is 84.0 Å². The molecule has 4 nitrogen and oxygen atoms in total. The topological polar surface area (TPSA) is 52.6 Å². The molecule has 0 atom stereocenters. The molecule has 0 unspecified atom stereocenters. The molecule has 0 aromatic heterocycles. The summed E-state index contributed by atoms with van der Waals surface area (Å²) in [6.07, 6.45) is 17.6. The van der Waals surface area contributed by atoms with Crippen LogP contribution in [0, 0.1) is 0 Å². The van der Waals surface area contributed by atoms with Gasteiger partial charge < -0.3 is 0 Å². The first-order valence-electron chi connectivity index (χ1n) is 9.14. The van der Waals surface area contributed by atoms with Crippen LogP contribution in [0.1, 0.15) is 104 Å². The van der Waals surface area contributed by atoms with Crippen molar-refractivity contribution in [3.8, 4) is 0 Å². The van der Waals surface area contributed by atoms with Gasteiger partial charge in [-0.25, -0.2) is 8.37 Å². The predicted octanol–water partition coefficient (Wildman–Crippen LogP) is 5.48. The molecule has 0 radical (unpaired) electrons. The molecule has 0 N–H and O–H groups in total. The van der Waals surface area contributed by atoms with Gasteiger partial charge in [-0.3, -0.25) is 0 Å². The fourth-order valence-corrected chi connectivity index (χ4v) is 4.03. The minimum absolute atomic E-state index is 0.657. The molecule has 1 aliphatic heterocycles. The van der Waals surface area contributed by atoms with Gasteiger partial charge in [0, 0.05) is 6.42 Å². The van der Waals surface area contributed by atoms with E-state index in [1.165, 1.54) is 70.6 Å². The van der Waals surface area contributed by atoms with Gasteiger partial charge in [0.25, 0.3) is 0 Å². The maximum Gasteiger partial charge on any atom is 0.405 e.